The number of benzene rings is 2. The molecule has 0 amide bonds. The van der Waals surface area contributed by atoms with Crippen molar-refractivity contribution in [2.45, 2.75) is 61.5 Å². The van der Waals surface area contributed by atoms with E-state index in [1.165, 1.54) is 34.0 Å². The van der Waals surface area contributed by atoms with Gasteiger partial charge in [0.15, 0.2) is 0 Å². The van der Waals surface area contributed by atoms with Crippen LogP contribution in [0.5, 0.6) is 0 Å². The van der Waals surface area contributed by atoms with Crippen molar-refractivity contribution in [2.24, 2.45) is 0 Å². The number of nitriles is 1. The molecule has 2 aromatic rings. The van der Waals surface area contributed by atoms with Crippen LogP contribution in [0.1, 0.15) is 39.2 Å². The molecule has 0 bridgehead atoms. The fourth-order valence-electron chi connectivity index (χ4n) is 4.32. The molecule has 0 aromatic heterocycles. The lowest BCUT2D eigenvalue weighted by Crippen LogP contribution is -2.44. The van der Waals surface area contributed by atoms with Crippen LogP contribution in [-0.2, 0) is 0 Å². The van der Waals surface area contributed by atoms with E-state index >= 15 is 0 Å². The van der Waals surface area contributed by atoms with Gasteiger partial charge in [-0.1, -0.05) is 23.9 Å². The van der Waals surface area contributed by atoms with Gasteiger partial charge in [0, 0.05) is 34.5 Å². The molecule has 2 aliphatic rings. The molecule has 4 heteroatoms. The van der Waals surface area contributed by atoms with Gasteiger partial charge in [0.05, 0.1) is 23.0 Å². The van der Waals surface area contributed by atoms with Crippen molar-refractivity contribution in [1.29, 1.82) is 5.26 Å². The minimum Gasteiger partial charge on any atom is -0.335 e. The highest BCUT2D eigenvalue weighted by Crippen LogP contribution is 2.49. The quantitative estimate of drug-likeness (QED) is 0.728. The molecule has 26 heavy (non-hydrogen) atoms. The molecule has 2 heterocycles. The predicted molar refractivity (Wildman–Crippen MR) is 108 cm³/mol. The molecule has 3 unspecified atom stereocenters. The lowest BCUT2D eigenvalue weighted by molar-refractivity contribution is 0.204. The van der Waals surface area contributed by atoms with Crippen molar-refractivity contribution < 1.29 is 0 Å². The van der Waals surface area contributed by atoms with Crippen molar-refractivity contribution in [3.63, 3.8) is 0 Å². The zero-order valence-corrected chi connectivity index (χ0v) is 16.5. The summed E-state index contributed by atoms with van der Waals surface area (Å²) in [6.07, 6.45) is 2.57. The molecule has 0 spiro atoms. The minimum absolute atomic E-state index is 0.341. The highest BCUT2D eigenvalue weighted by molar-refractivity contribution is 7.99. The molecule has 2 aromatic carbocycles. The van der Waals surface area contributed by atoms with E-state index in [1.54, 1.807) is 11.8 Å². The van der Waals surface area contributed by atoms with Gasteiger partial charge in [-0.25, -0.2) is 0 Å². The largest absolute Gasteiger partial charge is 0.335 e. The first-order chi connectivity index (χ1) is 12.6. The summed E-state index contributed by atoms with van der Waals surface area (Å²) in [4.78, 5) is 7.61. The van der Waals surface area contributed by atoms with E-state index in [-0.39, 0.29) is 0 Å². The summed E-state index contributed by atoms with van der Waals surface area (Å²) in [5.74, 6) is 0. The van der Waals surface area contributed by atoms with Crippen LogP contribution in [-0.4, -0.2) is 29.6 Å². The number of likely N-dealkylation sites (tertiary alicyclic amines) is 1. The second-order valence-corrected chi connectivity index (χ2v) is 8.64. The van der Waals surface area contributed by atoms with Crippen molar-refractivity contribution in [3.05, 3.63) is 48.0 Å². The summed E-state index contributed by atoms with van der Waals surface area (Å²) >= 11 is 1.80. The van der Waals surface area contributed by atoms with Gasteiger partial charge in [-0.3, -0.25) is 4.90 Å². The summed E-state index contributed by atoms with van der Waals surface area (Å²) in [5.41, 5.74) is 3.15. The Morgan fingerprint density at radius 3 is 2.50 bits per heavy atom. The van der Waals surface area contributed by atoms with Crippen molar-refractivity contribution in [1.82, 2.24) is 4.90 Å². The van der Waals surface area contributed by atoms with Gasteiger partial charge in [-0.05, 0) is 63.9 Å². The Balaban J connectivity index is 1.73. The van der Waals surface area contributed by atoms with Gasteiger partial charge in [-0.2, -0.15) is 5.26 Å². The lowest BCUT2D eigenvalue weighted by atomic mass is 10.1. The third-order valence-corrected chi connectivity index (χ3v) is 6.87. The SMILES string of the molecule is CC(CN1C(C)CCC1C)N1c2ccccc2Sc2ccc(C#N)cc21. The van der Waals surface area contributed by atoms with Crippen LogP contribution in [0, 0.1) is 11.3 Å². The second-order valence-electron chi connectivity index (χ2n) is 7.56. The number of para-hydroxylation sites is 1. The maximum Gasteiger partial charge on any atom is 0.0992 e. The first-order valence-corrected chi connectivity index (χ1v) is 10.3. The third-order valence-electron chi connectivity index (χ3n) is 5.74. The van der Waals surface area contributed by atoms with Crippen LogP contribution >= 0.6 is 11.8 Å². The first kappa shape index (κ1) is 17.5. The fraction of sp³-hybridized carbons (Fsp3) is 0.409. The summed E-state index contributed by atoms with van der Waals surface area (Å²) in [6.45, 7) is 8.04. The molecule has 1 saturated heterocycles. The average molecular weight is 364 g/mol. The van der Waals surface area contributed by atoms with Gasteiger partial charge < -0.3 is 4.90 Å². The molecule has 0 radical (unpaired) electrons. The maximum absolute atomic E-state index is 9.38. The molecule has 3 atom stereocenters. The van der Waals surface area contributed by atoms with Crippen LogP contribution in [0.4, 0.5) is 11.4 Å². The zero-order valence-electron chi connectivity index (χ0n) is 15.6. The van der Waals surface area contributed by atoms with Crippen molar-refractivity contribution in [2.75, 3.05) is 11.4 Å². The standard InChI is InChI=1S/C22H25N3S/c1-15-8-9-16(2)24(15)14-17(3)25-19-6-4-5-7-21(19)26-22-11-10-18(13-23)12-20(22)25/h4-7,10-12,15-17H,8-9,14H2,1-3H3. The Labute approximate surface area is 160 Å². The van der Waals surface area contributed by atoms with Gasteiger partial charge in [0.2, 0.25) is 0 Å². The summed E-state index contributed by atoms with van der Waals surface area (Å²) in [6, 6.07) is 18.6. The molecule has 0 saturated carbocycles. The van der Waals surface area contributed by atoms with E-state index in [2.05, 4.69) is 67.0 Å². The predicted octanol–water partition coefficient (Wildman–Crippen LogP) is 5.42. The van der Waals surface area contributed by atoms with Crippen LogP contribution in [0.25, 0.3) is 0 Å². The molecule has 134 valence electrons. The van der Waals surface area contributed by atoms with Gasteiger partial charge in [0.25, 0.3) is 0 Å². The Morgan fingerprint density at radius 1 is 1.08 bits per heavy atom. The van der Waals surface area contributed by atoms with Crippen LogP contribution in [0.3, 0.4) is 0 Å². The topological polar surface area (TPSA) is 30.3 Å². The number of nitrogens with zero attached hydrogens (tertiary/aromatic N) is 3. The van der Waals surface area contributed by atoms with Crippen LogP contribution < -0.4 is 4.90 Å². The first-order valence-electron chi connectivity index (χ1n) is 9.44. The molecular weight excluding hydrogens is 338 g/mol. The van der Waals surface area contributed by atoms with E-state index in [4.69, 9.17) is 0 Å². The Hall–Kier alpha value is -1.96. The second kappa shape index (κ2) is 6.98. The summed E-state index contributed by atoms with van der Waals surface area (Å²) in [5, 5.41) is 9.38. The fourth-order valence-corrected chi connectivity index (χ4v) is 5.37. The summed E-state index contributed by atoms with van der Waals surface area (Å²) < 4.78 is 0. The van der Waals surface area contributed by atoms with E-state index < -0.39 is 0 Å². The molecule has 3 nitrogen and oxygen atoms in total. The molecule has 0 aliphatic carbocycles. The van der Waals surface area contributed by atoms with E-state index in [9.17, 15) is 5.26 Å². The Morgan fingerprint density at radius 2 is 1.77 bits per heavy atom. The number of hydrogen-bond acceptors (Lipinski definition) is 4. The van der Waals surface area contributed by atoms with Crippen molar-refractivity contribution in [3.8, 4) is 6.07 Å². The zero-order chi connectivity index (χ0) is 18.3. The number of fused-ring (bicyclic) bond motifs is 2. The number of hydrogen-bond donors (Lipinski definition) is 0. The Kier molecular flexibility index (Phi) is 4.69. The molecule has 1 fully saturated rings. The smallest absolute Gasteiger partial charge is 0.0992 e. The van der Waals surface area contributed by atoms with Gasteiger partial charge >= 0.3 is 0 Å². The molecule has 4 rings (SSSR count). The molecule has 0 N–H and O–H groups in total. The molecule has 2 aliphatic heterocycles. The Bertz CT molecular complexity index is 847. The van der Waals surface area contributed by atoms with Gasteiger partial charge in [0.1, 0.15) is 0 Å². The molecular formula is C22H25N3S. The van der Waals surface area contributed by atoms with Crippen LogP contribution in [0.15, 0.2) is 52.3 Å². The highest BCUT2D eigenvalue weighted by atomic mass is 32.2. The van der Waals surface area contributed by atoms with Crippen molar-refractivity contribution >= 4 is 23.1 Å². The lowest BCUT2D eigenvalue weighted by Gasteiger charge is -2.40. The van der Waals surface area contributed by atoms with Crippen LogP contribution in [0.2, 0.25) is 0 Å². The van der Waals surface area contributed by atoms with E-state index in [1.807, 2.05) is 12.1 Å². The van der Waals surface area contributed by atoms with E-state index in [0.29, 0.717) is 18.1 Å². The minimum atomic E-state index is 0.341. The number of rotatable bonds is 3. The third kappa shape index (κ3) is 3.00. The summed E-state index contributed by atoms with van der Waals surface area (Å²) in [7, 11) is 0. The van der Waals surface area contributed by atoms with Gasteiger partial charge in [-0.15, -0.1) is 0 Å². The maximum atomic E-state index is 9.38. The van der Waals surface area contributed by atoms with E-state index in [0.717, 1.165) is 12.1 Å². The monoisotopic (exact) mass is 363 g/mol. The average Bonchev–Trinajstić information content (AvgIpc) is 2.97. The normalized spacial score (nSPS) is 23.2. The number of anilines is 2. The highest BCUT2D eigenvalue weighted by Gasteiger charge is 2.32.